The van der Waals surface area contributed by atoms with E-state index in [2.05, 4.69) is 69.3 Å². The highest BCUT2D eigenvalue weighted by Crippen LogP contribution is 2.51. The lowest BCUT2D eigenvalue weighted by molar-refractivity contribution is -0.171. The van der Waals surface area contributed by atoms with Crippen LogP contribution in [0.25, 0.3) is 0 Å². The van der Waals surface area contributed by atoms with E-state index in [0.717, 1.165) is 11.1 Å². The Morgan fingerprint density at radius 1 is 0.875 bits per heavy atom. The Morgan fingerprint density at radius 3 is 1.98 bits per heavy atom. The number of amides is 1. The van der Waals surface area contributed by atoms with Gasteiger partial charge in [0.25, 0.3) is 8.32 Å². The van der Waals surface area contributed by atoms with E-state index in [1.165, 1.54) is 17.5 Å². The second kappa shape index (κ2) is 14.6. The number of nitrogens with zero attached hydrogens (tertiary/aromatic N) is 1. The zero-order chi connectivity index (χ0) is 34.7. The van der Waals surface area contributed by atoms with Crippen molar-refractivity contribution < 1.29 is 18.8 Å². The fourth-order valence-electron chi connectivity index (χ4n) is 7.49. The van der Waals surface area contributed by atoms with Gasteiger partial charge in [-0.3, -0.25) is 9.59 Å². The fraction of sp³-hybridized carbons (Fsp3) is 0.350. The first-order chi connectivity index (χ1) is 22.8. The molecule has 0 saturated carbocycles. The molecule has 5 rings (SSSR count). The lowest BCUT2D eigenvalue weighted by Crippen LogP contribution is -2.66. The minimum Gasteiger partial charge on any atom is -0.468 e. The number of benzene rings is 4. The number of hydrogen-bond donors (Lipinski definition) is 0. The Hall–Kier alpha value is -3.42. The second-order valence-corrected chi connectivity index (χ2v) is 19.2. The fourth-order valence-corrected chi connectivity index (χ4v) is 12.4. The summed E-state index contributed by atoms with van der Waals surface area (Å²) in [5.74, 6) is -1.05. The first kappa shape index (κ1) is 35.9. The van der Waals surface area contributed by atoms with E-state index in [1.807, 2.05) is 72.5 Å². The number of rotatable bonds is 10. The van der Waals surface area contributed by atoms with Crippen molar-refractivity contribution in [3.63, 3.8) is 0 Å². The van der Waals surface area contributed by atoms with Gasteiger partial charge in [-0.25, -0.2) is 0 Å². The number of ether oxygens (including phenoxy) is 1. The summed E-state index contributed by atoms with van der Waals surface area (Å²) >= 11 is 12.8. The summed E-state index contributed by atoms with van der Waals surface area (Å²) in [6.07, 6.45) is 0.827. The summed E-state index contributed by atoms with van der Waals surface area (Å²) in [5, 5.41) is 3.41. The molecule has 8 heteroatoms. The standard InChI is InChI=1S/C40H45Cl2NO4Si/c1-28(24-25-47-48(39(2,3)4,33-16-9-7-10-17-33)34-18-11-8-12-19-34)43-36(29-20-22-31(41)23-21-29)35(30-14-13-15-32(42)26-30)27-40(5,37(43)44)38(45)46-6/h7-23,26,28,35-36H,24-25,27H2,1-6H3/t28-,35+,36+,40-/m0/s1. The second-order valence-electron chi connectivity index (χ2n) is 14.0. The summed E-state index contributed by atoms with van der Waals surface area (Å²) in [6, 6.07) is 35.7. The molecule has 0 bridgehead atoms. The van der Waals surface area contributed by atoms with Crippen LogP contribution in [-0.2, 0) is 18.8 Å². The number of piperidine rings is 1. The van der Waals surface area contributed by atoms with Gasteiger partial charge >= 0.3 is 5.97 Å². The summed E-state index contributed by atoms with van der Waals surface area (Å²) in [7, 11) is -1.46. The maximum absolute atomic E-state index is 14.7. The molecule has 252 valence electrons. The van der Waals surface area contributed by atoms with Crippen molar-refractivity contribution >= 4 is 53.8 Å². The van der Waals surface area contributed by atoms with Crippen molar-refractivity contribution in [2.75, 3.05) is 13.7 Å². The molecule has 4 aromatic rings. The van der Waals surface area contributed by atoms with Crippen molar-refractivity contribution in [1.29, 1.82) is 0 Å². The Bertz CT molecular complexity index is 1670. The van der Waals surface area contributed by atoms with Crippen LogP contribution >= 0.6 is 23.2 Å². The third-order valence-corrected chi connectivity index (χ3v) is 15.4. The molecule has 1 heterocycles. The van der Waals surface area contributed by atoms with E-state index in [4.69, 9.17) is 32.4 Å². The average molecular weight is 703 g/mol. The van der Waals surface area contributed by atoms with E-state index in [-0.39, 0.29) is 35.4 Å². The minimum atomic E-state index is -2.80. The van der Waals surface area contributed by atoms with Gasteiger partial charge in [-0.15, -0.1) is 0 Å². The van der Waals surface area contributed by atoms with Crippen molar-refractivity contribution in [2.24, 2.45) is 5.41 Å². The van der Waals surface area contributed by atoms with E-state index in [9.17, 15) is 9.59 Å². The van der Waals surface area contributed by atoms with Gasteiger partial charge in [0, 0.05) is 28.6 Å². The van der Waals surface area contributed by atoms with Gasteiger partial charge in [-0.05, 0) is 77.5 Å². The predicted octanol–water partition coefficient (Wildman–Crippen LogP) is 8.59. The molecule has 0 spiro atoms. The maximum atomic E-state index is 14.7. The zero-order valence-corrected chi connectivity index (χ0v) is 31.1. The predicted molar refractivity (Wildman–Crippen MR) is 198 cm³/mol. The van der Waals surface area contributed by atoms with E-state index in [1.54, 1.807) is 6.92 Å². The molecule has 4 atom stereocenters. The molecule has 0 N–H and O–H groups in total. The lowest BCUT2D eigenvalue weighted by atomic mass is 9.68. The van der Waals surface area contributed by atoms with Crippen LogP contribution in [0.1, 0.15) is 70.5 Å². The van der Waals surface area contributed by atoms with E-state index >= 15 is 0 Å². The summed E-state index contributed by atoms with van der Waals surface area (Å²) < 4.78 is 12.5. The normalized spacial score (nSPS) is 20.8. The SMILES string of the molecule is COC(=O)[C@@]1(C)C[C@H](c2cccc(Cl)c2)[C@@H](c2ccc(Cl)cc2)N([C@@H](C)CCO[Si](c2ccccc2)(c2ccccc2)C(C)(C)C)C1=O. The third kappa shape index (κ3) is 6.86. The number of carbonyl (C=O) groups excluding carboxylic acids is 2. The Kier molecular flexibility index (Phi) is 10.9. The Labute approximate surface area is 296 Å². The molecule has 4 aromatic carbocycles. The molecule has 1 fully saturated rings. The molecule has 48 heavy (non-hydrogen) atoms. The minimum absolute atomic E-state index is 0.188. The Balaban J connectivity index is 1.57. The van der Waals surface area contributed by atoms with Crippen molar-refractivity contribution in [2.45, 2.75) is 70.5 Å². The molecule has 0 aliphatic carbocycles. The number of likely N-dealkylation sites (tertiary alicyclic amines) is 1. The molecule has 0 radical (unpaired) electrons. The quantitative estimate of drug-likeness (QED) is 0.0944. The number of halogens is 2. The van der Waals surface area contributed by atoms with Gasteiger partial charge in [0.05, 0.1) is 13.2 Å². The lowest BCUT2D eigenvalue weighted by Gasteiger charge is -2.50. The smallest absolute Gasteiger partial charge is 0.321 e. The van der Waals surface area contributed by atoms with Gasteiger partial charge < -0.3 is 14.1 Å². The van der Waals surface area contributed by atoms with Gasteiger partial charge in [-0.1, -0.05) is 129 Å². The molecular weight excluding hydrogens is 657 g/mol. The third-order valence-electron chi connectivity index (χ3n) is 9.89. The van der Waals surface area contributed by atoms with Crippen LogP contribution in [0.4, 0.5) is 0 Å². The highest BCUT2D eigenvalue weighted by Gasteiger charge is 2.56. The monoisotopic (exact) mass is 701 g/mol. The van der Waals surface area contributed by atoms with E-state index in [0.29, 0.717) is 23.1 Å². The molecular formula is C40H45Cl2NO4Si. The summed E-state index contributed by atoms with van der Waals surface area (Å²) in [4.78, 5) is 30.0. The number of methoxy groups -OCH3 is 1. The van der Waals surface area contributed by atoms with Crippen LogP contribution in [0, 0.1) is 5.41 Å². The van der Waals surface area contributed by atoms with Crippen molar-refractivity contribution in [3.8, 4) is 0 Å². The largest absolute Gasteiger partial charge is 0.468 e. The first-order valence-electron chi connectivity index (χ1n) is 16.5. The van der Waals surface area contributed by atoms with Crippen molar-refractivity contribution in [1.82, 2.24) is 4.90 Å². The first-order valence-corrected chi connectivity index (χ1v) is 19.2. The number of carbonyl (C=O) groups is 2. The zero-order valence-electron chi connectivity index (χ0n) is 28.6. The van der Waals surface area contributed by atoms with Gasteiger partial charge in [0.2, 0.25) is 5.91 Å². The van der Waals surface area contributed by atoms with Gasteiger partial charge in [0.15, 0.2) is 0 Å². The molecule has 0 unspecified atom stereocenters. The summed E-state index contributed by atoms with van der Waals surface area (Å²) in [6.45, 7) is 10.9. The van der Waals surface area contributed by atoms with Crippen LogP contribution in [0.3, 0.4) is 0 Å². The highest BCUT2D eigenvalue weighted by atomic mass is 35.5. The molecule has 1 amide bonds. The molecule has 0 aromatic heterocycles. The van der Waals surface area contributed by atoms with Crippen molar-refractivity contribution in [3.05, 3.63) is 130 Å². The van der Waals surface area contributed by atoms with Gasteiger partial charge in [-0.2, -0.15) is 0 Å². The maximum Gasteiger partial charge on any atom is 0.321 e. The topological polar surface area (TPSA) is 55.8 Å². The molecule has 1 aliphatic heterocycles. The van der Waals surface area contributed by atoms with Crippen LogP contribution in [0.15, 0.2) is 109 Å². The molecule has 1 saturated heterocycles. The number of esters is 1. The van der Waals surface area contributed by atoms with Crippen LogP contribution in [-0.4, -0.2) is 44.9 Å². The molecule has 1 aliphatic rings. The summed E-state index contributed by atoms with van der Waals surface area (Å²) in [5.41, 5.74) is 0.493. The van der Waals surface area contributed by atoms with Crippen LogP contribution < -0.4 is 10.4 Å². The Morgan fingerprint density at radius 2 is 1.46 bits per heavy atom. The highest BCUT2D eigenvalue weighted by molar-refractivity contribution is 6.99. The van der Waals surface area contributed by atoms with Crippen LogP contribution in [0.5, 0.6) is 0 Å². The number of hydrogen-bond acceptors (Lipinski definition) is 4. The van der Waals surface area contributed by atoms with E-state index < -0.39 is 19.7 Å². The van der Waals surface area contributed by atoms with Gasteiger partial charge in [0.1, 0.15) is 5.41 Å². The molecule has 5 nitrogen and oxygen atoms in total. The average Bonchev–Trinajstić information content (AvgIpc) is 3.08. The van der Waals surface area contributed by atoms with Crippen LogP contribution in [0.2, 0.25) is 15.1 Å².